The van der Waals surface area contributed by atoms with E-state index in [4.69, 9.17) is 4.74 Å². The highest BCUT2D eigenvalue weighted by Crippen LogP contribution is 2.26. The molecule has 1 aromatic carbocycles. The minimum absolute atomic E-state index is 0.419. The lowest BCUT2D eigenvalue weighted by Gasteiger charge is -2.14. The first-order valence-electron chi connectivity index (χ1n) is 4.96. The van der Waals surface area contributed by atoms with Crippen LogP contribution in [0.4, 0.5) is 4.79 Å². The van der Waals surface area contributed by atoms with Crippen LogP contribution in [0.25, 0.3) is 0 Å². The zero-order valence-electron chi connectivity index (χ0n) is 8.62. The van der Waals surface area contributed by atoms with Crippen molar-refractivity contribution in [3.05, 3.63) is 41.5 Å². The van der Waals surface area contributed by atoms with Crippen molar-refractivity contribution >= 4 is 6.09 Å². The van der Waals surface area contributed by atoms with Crippen LogP contribution in [0.3, 0.4) is 0 Å². The first-order chi connectivity index (χ1) is 7.31. The van der Waals surface area contributed by atoms with Gasteiger partial charge in [-0.3, -0.25) is 0 Å². The molecule has 15 heavy (non-hydrogen) atoms. The summed E-state index contributed by atoms with van der Waals surface area (Å²) in [6, 6.07) is 5.80. The van der Waals surface area contributed by atoms with E-state index < -0.39 is 6.09 Å². The van der Waals surface area contributed by atoms with Crippen molar-refractivity contribution in [3.63, 3.8) is 0 Å². The summed E-state index contributed by atoms with van der Waals surface area (Å²) in [7, 11) is 1.55. The first kappa shape index (κ1) is 9.77. The lowest BCUT2D eigenvalue weighted by Crippen LogP contribution is -2.22. The third-order valence-electron chi connectivity index (χ3n) is 2.46. The molecule has 1 aliphatic rings. The maximum absolute atomic E-state index is 11.1. The lowest BCUT2D eigenvalue weighted by atomic mass is 9.96. The predicted molar refractivity (Wildman–Crippen MR) is 58.1 cm³/mol. The van der Waals surface area contributed by atoms with Gasteiger partial charge in [-0.25, -0.2) is 4.79 Å². The molecule has 0 saturated carbocycles. The Balaban J connectivity index is 2.29. The predicted octanol–water partition coefficient (Wildman–Crippen LogP) is 2.06. The Bertz CT molecular complexity index is 410. The summed E-state index contributed by atoms with van der Waals surface area (Å²) < 4.78 is 5.18. The first-order valence-corrected chi connectivity index (χ1v) is 4.96. The van der Waals surface area contributed by atoms with Gasteiger partial charge in [0, 0.05) is 12.6 Å². The molecule has 0 heterocycles. The van der Waals surface area contributed by atoms with Gasteiger partial charge in [-0.05, 0) is 24.5 Å². The SMILES string of the molecule is CNC(=O)Oc1cccc2c1CC=CC2. The van der Waals surface area contributed by atoms with Crippen molar-refractivity contribution in [1.29, 1.82) is 0 Å². The third-order valence-corrected chi connectivity index (χ3v) is 2.46. The number of fused-ring (bicyclic) bond motifs is 1. The average molecular weight is 203 g/mol. The zero-order valence-corrected chi connectivity index (χ0v) is 8.62. The number of ether oxygens (including phenoxy) is 1. The van der Waals surface area contributed by atoms with E-state index in [-0.39, 0.29) is 0 Å². The van der Waals surface area contributed by atoms with Crippen LogP contribution < -0.4 is 10.1 Å². The number of allylic oxidation sites excluding steroid dienone is 2. The van der Waals surface area contributed by atoms with Gasteiger partial charge in [0.25, 0.3) is 0 Å². The van der Waals surface area contributed by atoms with Gasteiger partial charge in [0.05, 0.1) is 0 Å². The van der Waals surface area contributed by atoms with Gasteiger partial charge in [-0.2, -0.15) is 0 Å². The molecular formula is C12H13NO2. The number of rotatable bonds is 1. The van der Waals surface area contributed by atoms with Gasteiger partial charge in [0.2, 0.25) is 0 Å². The highest BCUT2D eigenvalue weighted by molar-refractivity contribution is 5.70. The van der Waals surface area contributed by atoms with E-state index in [0.717, 1.165) is 18.4 Å². The Morgan fingerprint density at radius 3 is 2.93 bits per heavy atom. The van der Waals surface area contributed by atoms with Gasteiger partial charge in [0.15, 0.2) is 0 Å². The number of nitrogens with one attached hydrogen (secondary N) is 1. The zero-order chi connectivity index (χ0) is 10.7. The summed E-state index contributed by atoms with van der Waals surface area (Å²) in [6.45, 7) is 0. The molecule has 0 spiro atoms. The number of hydrogen-bond donors (Lipinski definition) is 1. The second kappa shape index (κ2) is 4.17. The number of hydrogen-bond acceptors (Lipinski definition) is 2. The molecule has 0 aliphatic heterocycles. The monoisotopic (exact) mass is 203 g/mol. The number of benzene rings is 1. The second-order valence-corrected chi connectivity index (χ2v) is 3.41. The van der Waals surface area contributed by atoms with Crippen molar-refractivity contribution in [2.24, 2.45) is 0 Å². The fraction of sp³-hybridized carbons (Fsp3) is 0.250. The van der Waals surface area contributed by atoms with Crippen molar-refractivity contribution in [3.8, 4) is 5.75 Å². The molecule has 0 radical (unpaired) electrons. The van der Waals surface area contributed by atoms with E-state index in [9.17, 15) is 4.79 Å². The normalized spacial score (nSPS) is 13.1. The third kappa shape index (κ3) is 2.01. The van der Waals surface area contributed by atoms with Gasteiger partial charge in [-0.15, -0.1) is 0 Å². The van der Waals surface area contributed by atoms with Crippen molar-refractivity contribution in [2.45, 2.75) is 12.8 Å². The maximum atomic E-state index is 11.1. The minimum atomic E-state index is -0.419. The van der Waals surface area contributed by atoms with Crippen LogP contribution >= 0.6 is 0 Å². The quantitative estimate of drug-likeness (QED) is 0.709. The second-order valence-electron chi connectivity index (χ2n) is 3.41. The highest BCUT2D eigenvalue weighted by Gasteiger charge is 2.12. The smallest absolute Gasteiger partial charge is 0.410 e. The Labute approximate surface area is 88.8 Å². The van der Waals surface area contributed by atoms with Crippen LogP contribution in [0.2, 0.25) is 0 Å². The van der Waals surface area contributed by atoms with Crippen LogP contribution in [-0.4, -0.2) is 13.1 Å². The molecule has 1 aliphatic carbocycles. The van der Waals surface area contributed by atoms with Crippen LogP contribution in [0.15, 0.2) is 30.4 Å². The van der Waals surface area contributed by atoms with Crippen LogP contribution in [0, 0.1) is 0 Å². The van der Waals surface area contributed by atoms with E-state index in [1.165, 1.54) is 5.56 Å². The summed E-state index contributed by atoms with van der Waals surface area (Å²) in [4.78, 5) is 11.1. The summed E-state index contributed by atoms with van der Waals surface area (Å²) >= 11 is 0. The topological polar surface area (TPSA) is 38.3 Å². The Morgan fingerprint density at radius 2 is 2.13 bits per heavy atom. The average Bonchev–Trinajstić information content (AvgIpc) is 2.29. The largest absolute Gasteiger partial charge is 0.412 e. The molecule has 0 unspecified atom stereocenters. The lowest BCUT2D eigenvalue weighted by molar-refractivity contribution is 0.202. The Kier molecular flexibility index (Phi) is 2.72. The van der Waals surface area contributed by atoms with Crippen LogP contribution in [0.5, 0.6) is 5.75 Å². The maximum Gasteiger partial charge on any atom is 0.412 e. The summed E-state index contributed by atoms with van der Waals surface area (Å²) in [5.74, 6) is 0.663. The van der Waals surface area contributed by atoms with Crippen molar-refractivity contribution in [1.82, 2.24) is 5.32 Å². The highest BCUT2D eigenvalue weighted by atomic mass is 16.6. The molecule has 3 nitrogen and oxygen atoms in total. The van der Waals surface area contributed by atoms with Crippen molar-refractivity contribution in [2.75, 3.05) is 7.05 Å². The van der Waals surface area contributed by atoms with Gasteiger partial charge in [0.1, 0.15) is 5.75 Å². The van der Waals surface area contributed by atoms with Gasteiger partial charge < -0.3 is 10.1 Å². The summed E-state index contributed by atoms with van der Waals surface area (Å²) in [6.07, 6.45) is 5.56. The Hall–Kier alpha value is -1.77. The molecule has 1 aromatic rings. The summed E-state index contributed by atoms with van der Waals surface area (Å²) in [5, 5.41) is 2.44. The van der Waals surface area contributed by atoms with E-state index in [1.54, 1.807) is 7.05 Å². The molecule has 2 rings (SSSR count). The van der Waals surface area contributed by atoms with Crippen LogP contribution in [0.1, 0.15) is 11.1 Å². The fourth-order valence-corrected chi connectivity index (χ4v) is 1.69. The van der Waals surface area contributed by atoms with E-state index >= 15 is 0 Å². The fourth-order valence-electron chi connectivity index (χ4n) is 1.69. The van der Waals surface area contributed by atoms with E-state index in [2.05, 4.69) is 23.5 Å². The molecule has 1 amide bonds. The molecular weight excluding hydrogens is 190 g/mol. The molecule has 0 saturated heterocycles. The molecule has 3 heteroatoms. The number of carbonyl (C=O) groups excluding carboxylic acids is 1. The van der Waals surface area contributed by atoms with Crippen LogP contribution in [-0.2, 0) is 12.8 Å². The number of carbonyl (C=O) groups is 1. The molecule has 0 atom stereocenters. The standard InChI is InChI=1S/C12H13NO2/c1-13-12(14)15-11-8-4-6-9-5-2-3-7-10(9)11/h2-4,6,8H,5,7H2,1H3,(H,13,14). The molecule has 0 bridgehead atoms. The summed E-state index contributed by atoms with van der Waals surface area (Å²) in [5.41, 5.74) is 2.35. The molecule has 78 valence electrons. The van der Waals surface area contributed by atoms with Crippen molar-refractivity contribution < 1.29 is 9.53 Å². The Morgan fingerprint density at radius 1 is 1.33 bits per heavy atom. The molecule has 1 N–H and O–H groups in total. The van der Waals surface area contributed by atoms with E-state index in [1.807, 2.05) is 12.1 Å². The molecule has 0 aromatic heterocycles. The molecule has 0 fully saturated rings. The number of amides is 1. The van der Waals surface area contributed by atoms with Gasteiger partial charge in [-0.1, -0.05) is 24.3 Å². The minimum Gasteiger partial charge on any atom is -0.410 e. The van der Waals surface area contributed by atoms with E-state index in [0.29, 0.717) is 5.75 Å². The van der Waals surface area contributed by atoms with Gasteiger partial charge >= 0.3 is 6.09 Å².